The molecule has 0 saturated carbocycles. The third-order valence-electron chi connectivity index (χ3n) is 4.55. The Labute approximate surface area is 191 Å². The largest absolute Gasteiger partial charge is 0.338 e. The molecule has 6 nitrogen and oxygen atoms in total. The molecule has 5 rings (SSSR count). The van der Waals surface area contributed by atoms with Gasteiger partial charge in [-0.1, -0.05) is 77.1 Å². The molecule has 0 N–H and O–H groups in total. The van der Waals surface area contributed by atoms with Crippen LogP contribution in [-0.2, 0) is 12.3 Å². The summed E-state index contributed by atoms with van der Waals surface area (Å²) in [4.78, 5) is 5.57. The minimum atomic E-state index is 0.478. The van der Waals surface area contributed by atoms with E-state index < -0.39 is 0 Å². The van der Waals surface area contributed by atoms with Crippen molar-refractivity contribution in [3.05, 3.63) is 88.6 Å². The van der Waals surface area contributed by atoms with Crippen LogP contribution in [0.5, 0.6) is 0 Å². The topological polar surface area (TPSA) is 69.6 Å². The van der Waals surface area contributed by atoms with Gasteiger partial charge in [0.2, 0.25) is 11.7 Å². The average molecular weight is 466 g/mol. The van der Waals surface area contributed by atoms with E-state index in [1.807, 2.05) is 47.8 Å². The molecule has 154 valence electrons. The van der Waals surface area contributed by atoms with Crippen LogP contribution in [0.2, 0.25) is 5.02 Å². The van der Waals surface area contributed by atoms with Crippen LogP contribution < -0.4 is 0 Å². The maximum absolute atomic E-state index is 6.24. The zero-order chi connectivity index (χ0) is 21.0. The van der Waals surface area contributed by atoms with Gasteiger partial charge in [-0.05, 0) is 29.1 Å². The number of halogens is 1. The van der Waals surface area contributed by atoms with Crippen LogP contribution in [-0.4, -0.2) is 24.9 Å². The average Bonchev–Trinajstić information content (AvgIpc) is 3.55. The summed E-state index contributed by atoms with van der Waals surface area (Å²) in [5, 5.41) is 16.4. The molecule has 0 saturated heterocycles. The van der Waals surface area contributed by atoms with Crippen LogP contribution in [0.15, 0.2) is 81.8 Å². The quantitative estimate of drug-likeness (QED) is 0.272. The lowest BCUT2D eigenvalue weighted by Crippen LogP contribution is -2.03. The smallest absolute Gasteiger partial charge is 0.237 e. The Morgan fingerprint density at radius 2 is 1.81 bits per heavy atom. The molecule has 0 amide bonds. The molecule has 9 heteroatoms. The van der Waals surface area contributed by atoms with Gasteiger partial charge in [0, 0.05) is 5.56 Å². The van der Waals surface area contributed by atoms with E-state index in [0.717, 1.165) is 21.4 Å². The van der Waals surface area contributed by atoms with Crippen LogP contribution >= 0.6 is 34.7 Å². The lowest BCUT2D eigenvalue weighted by atomic mass is 10.2. The highest BCUT2D eigenvalue weighted by molar-refractivity contribution is 7.98. The fourth-order valence-electron chi connectivity index (χ4n) is 3.08. The van der Waals surface area contributed by atoms with E-state index in [1.165, 1.54) is 17.3 Å². The van der Waals surface area contributed by atoms with E-state index in [9.17, 15) is 0 Å². The predicted molar refractivity (Wildman–Crippen MR) is 123 cm³/mol. The molecule has 0 bridgehead atoms. The highest BCUT2D eigenvalue weighted by Crippen LogP contribution is 2.30. The van der Waals surface area contributed by atoms with Crippen LogP contribution in [0.4, 0.5) is 0 Å². The number of nitrogens with zero attached hydrogens (tertiary/aromatic N) is 5. The summed E-state index contributed by atoms with van der Waals surface area (Å²) in [5.41, 5.74) is 1.93. The van der Waals surface area contributed by atoms with Crippen molar-refractivity contribution < 1.29 is 4.52 Å². The summed E-state index contributed by atoms with van der Waals surface area (Å²) in [6.45, 7) is 0.679. The Morgan fingerprint density at radius 3 is 2.61 bits per heavy atom. The molecule has 2 aromatic carbocycles. The first-order chi connectivity index (χ1) is 15.3. The molecule has 0 aliphatic carbocycles. The van der Waals surface area contributed by atoms with Crippen molar-refractivity contribution in [3.63, 3.8) is 0 Å². The molecule has 3 heterocycles. The van der Waals surface area contributed by atoms with Crippen molar-refractivity contribution in [1.82, 2.24) is 24.9 Å². The van der Waals surface area contributed by atoms with Crippen molar-refractivity contribution in [2.24, 2.45) is 0 Å². The van der Waals surface area contributed by atoms with Crippen molar-refractivity contribution in [3.8, 4) is 22.1 Å². The van der Waals surface area contributed by atoms with Gasteiger partial charge in [-0.2, -0.15) is 4.98 Å². The number of rotatable bonds is 7. The number of hydrogen-bond donors (Lipinski definition) is 0. The first-order valence-corrected chi connectivity index (χ1v) is 11.7. The van der Waals surface area contributed by atoms with Gasteiger partial charge in [0.1, 0.15) is 0 Å². The first-order valence-electron chi connectivity index (χ1n) is 9.49. The minimum absolute atomic E-state index is 0.478. The number of thioether (sulfide) groups is 1. The fraction of sp³-hybridized carbons (Fsp3) is 0.0909. The van der Waals surface area contributed by atoms with E-state index >= 15 is 0 Å². The molecule has 0 aliphatic heterocycles. The van der Waals surface area contributed by atoms with Crippen molar-refractivity contribution in [1.29, 1.82) is 0 Å². The van der Waals surface area contributed by atoms with Crippen molar-refractivity contribution in [2.75, 3.05) is 0 Å². The third kappa shape index (κ3) is 4.41. The number of aromatic nitrogens is 5. The first kappa shape index (κ1) is 20.0. The molecule has 5 aromatic rings. The van der Waals surface area contributed by atoms with Gasteiger partial charge in [0.25, 0.3) is 0 Å². The molecule has 0 fully saturated rings. The summed E-state index contributed by atoms with van der Waals surface area (Å²) in [7, 11) is 0. The van der Waals surface area contributed by atoms with Crippen LogP contribution in [0.25, 0.3) is 22.1 Å². The summed E-state index contributed by atoms with van der Waals surface area (Å²) >= 11 is 9.40. The fourth-order valence-corrected chi connectivity index (χ4v) is 4.80. The second-order valence-electron chi connectivity index (χ2n) is 6.64. The van der Waals surface area contributed by atoms with Crippen molar-refractivity contribution in [2.45, 2.75) is 17.5 Å². The second-order valence-corrected chi connectivity index (χ2v) is 8.93. The van der Waals surface area contributed by atoms with Gasteiger partial charge in [0.05, 0.1) is 22.2 Å². The van der Waals surface area contributed by atoms with E-state index in [2.05, 4.69) is 43.1 Å². The minimum Gasteiger partial charge on any atom is -0.338 e. The zero-order valence-corrected chi connectivity index (χ0v) is 18.6. The predicted octanol–water partition coefficient (Wildman–Crippen LogP) is 6.05. The maximum Gasteiger partial charge on any atom is 0.237 e. The third-order valence-corrected chi connectivity index (χ3v) is 6.70. The second kappa shape index (κ2) is 9.05. The van der Waals surface area contributed by atoms with Crippen LogP contribution in [0, 0.1) is 0 Å². The molecule has 0 radical (unpaired) electrons. The van der Waals surface area contributed by atoms with E-state index in [4.69, 9.17) is 16.1 Å². The Morgan fingerprint density at radius 1 is 0.968 bits per heavy atom. The highest BCUT2D eigenvalue weighted by Gasteiger charge is 2.18. The SMILES string of the molecule is Clc1ccccc1-c1noc(CSc2nnc(-c3cccs3)n2Cc2ccccc2)n1. The van der Waals surface area contributed by atoms with Gasteiger partial charge in [0.15, 0.2) is 11.0 Å². The summed E-state index contributed by atoms with van der Waals surface area (Å²) in [5.74, 6) is 2.32. The Hall–Kier alpha value is -2.94. The standard InChI is InChI=1S/C22H16ClN5OS2/c23-17-10-5-4-9-16(17)20-24-19(29-27-20)14-31-22-26-25-21(18-11-6-12-30-18)28(22)13-15-7-2-1-3-8-15/h1-12H,13-14H2. The summed E-state index contributed by atoms with van der Waals surface area (Å²) in [6.07, 6.45) is 0. The number of hydrogen-bond acceptors (Lipinski definition) is 7. The van der Waals surface area contributed by atoms with Crippen LogP contribution in [0.3, 0.4) is 0 Å². The van der Waals surface area contributed by atoms with E-state index in [-0.39, 0.29) is 0 Å². The lowest BCUT2D eigenvalue weighted by molar-refractivity contribution is 0.391. The molecule has 0 aliphatic rings. The molecule has 31 heavy (non-hydrogen) atoms. The van der Waals surface area contributed by atoms with Gasteiger partial charge >= 0.3 is 0 Å². The van der Waals surface area contributed by atoms with Crippen LogP contribution in [0.1, 0.15) is 11.5 Å². The lowest BCUT2D eigenvalue weighted by Gasteiger charge is -2.09. The van der Waals surface area contributed by atoms with Gasteiger partial charge in [-0.3, -0.25) is 4.57 Å². The van der Waals surface area contributed by atoms with E-state index in [1.54, 1.807) is 17.4 Å². The Kier molecular flexibility index (Phi) is 5.84. The molecule has 3 aromatic heterocycles. The van der Waals surface area contributed by atoms with Gasteiger partial charge in [-0.25, -0.2) is 0 Å². The number of thiophene rings is 1. The molecular weight excluding hydrogens is 450 g/mol. The Bertz CT molecular complexity index is 1280. The number of benzene rings is 2. The van der Waals surface area contributed by atoms with Gasteiger partial charge < -0.3 is 4.52 Å². The van der Waals surface area contributed by atoms with Gasteiger partial charge in [-0.15, -0.1) is 21.5 Å². The van der Waals surface area contributed by atoms with Crippen molar-refractivity contribution >= 4 is 34.7 Å². The zero-order valence-electron chi connectivity index (χ0n) is 16.2. The molecule has 0 atom stereocenters. The maximum atomic E-state index is 6.24. The molecular formula is C22H16ClN5OS2. The summed E-state index contributed by atoms with van der Waals surface area (Å²) < 4.78 is 7.56. The summed E-state index contributed by atoms with van der Waals surface area (Å²) in [6, 6.07) is 21.8. The monoisotopic (exact) mass is 465 g/mol. The highest BCUT2D eigenvalue weighted by atomic mass is 35.5. The Balaban J connectivity index is 1.39. The normalized spacial score (nSPS) is 11.1. The molecule has 0 unspecified atom stereocenters. The van der Waals surface area contributed by atoms with E-state index in [0.29, 0.717) is 29.0 Å². The molecule has 0 spiro atoms.